The van der Waals surface area contributed by atoms with Gasteiger partial charge in [0.2, 0.25) is 0 Å². The van der Waals surface area contributed by atoms with Crippen LogP contribution in [0.15, 0.2) is 59.4 Å². The fourth-order valence-corrected chi connectivity index (χ4v) is 1.31. The maximum absolute atomic E-state index is 6.89. The molecule has 3 nitrogen and oxygen atoms in total. The van der Waals surface area contributed by atoms with Crippen molar-refractivity contribution in [3.8, 4) is 0 Å². The average Bonchev–Trinajstić information content (AvgIpc) is 2.35. The molecule has 0 amide bonds. The molecule has 0 radical (unpaired) electrons. The minimum absolute atomic E-state index is 0.787. The number of benzene rings is 1. The molecule has 0 spiro atoms. The number of rotatable bonds is 6. The van der Waals surface area contributed by atoms with Gasteiger partial charge in [0.05, 0.1) is 0 Å². The Bertz CT molecular complexity index is 430. The highest BCUT2D eigenvalue weighted by Gasteiger charge is 1.94. The van der Waals surface area contributed by atoms with Crippen LogP contribution < -0.4 is 5.32 Å². The van der Waals surface area contributed by atoms with E-state index >= 15 is 0 Å². The molecule has 0 aliphatic rings. The number of anilines is 1. The monoisotopic (exact) mass is 227 g/mol. The number of aliphatic imine (C=N–C) groups is 1. The highest BCUT2D eigenvalue weighted by molar-refractivity contribution is 6.14. The minimum atomic E-state index is 0.787. The van der Waals surface area contributed by atoms with Crippen LogP contribution in [0.3, 0.4) is 0 Å². The number of hydrogen-bond acceptors (Lipinski definition) is 3. The summed E-state index contributed by atoms with van der Waals surface area (Å²) in [6, 6.07) is 9.85. The van der Waals surface area contributed by atoms with Crippen molar-refractivity contribution in [2.45, 2.75) is 13.3 Å². The van der Waals surface area contributed by atoms with Gasteiger partial charge in [0.1, 0.15) is 0 Å². The Balaban J connectivity index is 2.67. The van der Waals surface area contributed by atoms with Crippen molar-refractivity contribution in [3.05, 3.63) is 54.4 Å². The maximum atomic E-state index is 6.89. The van der Waals surface area contributed by atoms with Gasteiger partial charge in [0.15, 0.2) is 0 Å². The summed E-state index contributed by atoms with van der Waals surface area (Å²) >= 11 is 0. The van der Waals surface area contributed by atoms with E-state index in [2.05, 4.69) is 16.9 Å². The molecule has 0 aliphatic carbocycles. The normalized spacial score (nSPS) is 11.5. The molecule has 3 heteroatoms. The zero-order chi connectivity index (χ0) is 12.5. The maximum Gasteiger partial charge on any atom is 0.0447 e. The zero-order valence-corrected chi connectivity index (χ0v) is 9.98. The summed E-state index contributed by atoms with van der Waals surface area (Å²) in [6.07, 6.45) is 5.31. The lowest BCUT2D eigenvalue weighted by molar-refractivity contribution is 1.07. The van der Waals surface area contributed by atoms with Gasteiger partial charge in [-0.2, -0.15) is 0 Å². The average molecular weight is 227 g/mol. The number of nitrogens with one attached hydrogen (secondary N) is 2. The second-order valence-electron chi connectivity index (χ2n) is 3.45. The van der Waals surface area contributed by atoms with Crippen LogP contribution in [-0.4, -0.2) is 12.4 Å². The van der Waals surface area contributed by atoms with Crippen molar-refractivity contribution in [1.29, 1.82) is 5.41 Å². The lowest BCUT2D eigenvalue weighted by atomic mass is 10.2. The Labute approximate surface area is 102 Å². The predicted octanol–water partition coefficient (Wildman–Crippen LogP) is 3.63. The molecule has 0 saturated carbocycles. The van der Waals surface area contributed by atoms with E-state index in [4.69, 9.17) is 5.41 Å². The first-order valence-electron chi connectivity index (χ1n) is 5.51. The van der Waals surface area contributed by atoms with Crippen LogP contribution in [0.2, 0.25) is 0 Å². The lowest BCUT2D eigenvalue weighted by Crippen LogP contribution is -1.95. The van der Waals surface area contributed by atoms with E-state index in [0.29, 0.717) is 0 Å². The van der Waals surface area contributed by atoms with Crippen LogP contribution >= 0.6 is 0 Å². The van der Waals surface area contributed by atoms with Crippen molar-refractivity contribution < 1.29 is 0 Å². The molecule has 1 aromatic carbocycles. The van der Waals surface area contributed by atoms with Gasteiger partial charge in [0.25, 0.3) is 0 Å². The summed E-state index contributed by atoms with van der Waals surface area (Å²) in [6.45, 7) is 5.94. The van der Waals surface area contributed by atoms with E-state index in [1.165, 1.54) is 6.21 Å². The van der Waals surface area contributed by atoms with E-state index in [9.17, 15) is 0 Å². The van der Waals surface area contributed by atoms with E-state index < -0.39 is 0 Å². The van der Waals surface area contributed by atoms with Crippen LogP contribution in [0.5, 0.6) is 0 Å². The molecule has 0 unspecified atom stereocenters. The molecular formula is C14H17N3. The molecule has 2 N–H and O–H groups in total. The van der Waals surface area contributed by atoms with Crippen molar-refractivity contribution in [1.82, 2.24) is 0 Å². The lowest BCUT2D eigenvalue weighted by Gasteiger charge is -2.06. The summed E-state index contributed by atoms with van der Waals surface area (Å²) < 4.78 is 0. The first kappa shape index (κ1) is 12.9. The third kappa shape index (κ3) is 4.93. The third-order valence-electron chi connectivity index (χ3n) is 2.10. The largest absolute Gasteiger partial charge is 0.356 e. The second-order valence-corrected chi connectivity index (χ2v) is 3.45. The first-order chi connectivity index (χ1) is 8.26. The molecule has 0 fully saturated rings. The van der Waals surface area contributed by atoms with Gasteiger partial charge < -0.3 is 10.7 Å². The number of allylic oxidation sites excluding steroid dienone is 2. The van der Waals surface area contributed by atoms with Crippen LogP contribution in [-0.2, 0) is 0 Å². The molecule has 0 bridgehead atoms. The Kier molecular flexibility index (Phi) is 5.44. The standard InChI is InChI=1S/C14H17N3/c1-3-13(16-10-9-15)11-12(2)17-14-7-5-4-6-8-14/h4-11,15,17H,2-3H2,1H3/b13-11+,15-9?,16-10?. The summed E-state index contributed by atoms with van der Waals surface area (Å²) in [7, 11) is 0. The van der Waals surface area contributed by atoms with Gasteiger partial charge in [-0.1, -0.05) is 31.7 Å². The van der Waals surface area contributed by atoms with Crippen LogP contribution in [0.1, 0.15) is 13.3 Å². The molecule has 17 heavy (non-hydrogen) atoms. The van der Waals surface area contributed by atoms with Gasteiger partial charge in [-0.25, -0.2) is 0 Å². The molecule has 1 rings (SSSR count). The SMILES string of the molecule is C=C(/C=C(\CC)N=CC=N)Nc1ccccc1. The number of para-hydroxylation sites is 1. The Morgan fingerprint density at radius 2 is 2.12 bits per heavy atom. The van der Waals surface area contributed by atoms with E-state index in [-0.39, 0.29) is 0 Å². The molecule has 0 aromatic heterocycles. The van der Waals surface area contributed by atoms with E-state index in [1.54, 1.807) is 0 Å². The molecule has 88 valence electrons. The molecule has 0 saturated heterocycles. The molecule has 0 heterocycles. The minimum Gasteiger partial charge on any atom is -0.356 e. The Morgan fingerprint density at radius 3 is 2.71 bits per heavy atom. The summed E-state index contributed by atoms with van der Waals surface area (Å²) in [5, 5.41) is 10.1. The summed E-state index contributed by atoms with van der Waals surface area (Å²) in [5.74, 6) is 0. The van der Waals surface area contributed by atoms with E-state index in [0.717, 1.165) is 29.7 Å². The van der Waals surface area contributed by atoms with Crippen LogP contribution in [0.4, 0.5) is 5.69 Å². The van der Waals surface area contributed by atoms with E-state index in [1.807, 2.05) is 43.3 Å². The molecule has 1 aromatic rings. The fraction of sp³-hybridized carbons (Fsp3) is 0.143. The molecule has 0 aliphatic heterocycles. The predicted molar refractivity (Wildman–Crippen MR) is 74.9 cm³/mol. The number of nitrogens with zero attached hydrogens (tertiary/aromatic N) is 1. The fourth-order valence-electron chi connectivity index (χ4n) is 1.31. The third-order valence-corrected chi connectivity index (χ3v) is 2.10. The number of hydrogen-bond donors (Lipinski definition) is 2. The van der Waals surface area contributed by atoms with Crippen molar-refractivity contribution in [3.63, 3.8) is 0 Å². The molecule has 0 atom stereocenters. The van der Waals surface area contributed by atoms with Crippen LogP contribution in [0, 0.1) is 5.41 Å². The zero-order valence-electron chi connectivity index (χ0n) is 9.98. The second kappa shape index (κ2) is 7.17. The Hall–Kier alpha value is -2.16. The van der Waals surface area contributed by atoms with Crippen molar-refractivity contribution in [2.24, 2.45) is 4.99 Å². The van der Waals surface area contributed by atoms with Gasteiger partial charge in [-0.15, -0.1) is 0 Å². The van der Waals surface area contributed by atoms with Crippen molar-refractivity contribution >= 4 is 18.1 Å². The summed E-state index contributed by atoms with van der Waals surface area (Å²) in [5.41, 5.74) is 2.68. The highest BCUT2D eigenvalue weighted by atomic mass is 14.9. The quantitative estimate of drug-likeness (QED) is 0.566. The smallest absolute Gasteiger partial charge is 0.0447 e. The first-order valence-corrected chi connectivity index (χ1v) is 5.51. The Morgan fingerprint density at radius 1 is 1.41 bits per heavy atom. The van der Waals surface area contributed by atoms with Crippen molar-refractivity contribution in [2.75, 3.05) is 5.32 Å². The summed E-state index contributed by atoms with van der Waals surface area (Å²) in [4.78, 5) is 4.13. The highest BCUT2D eigenvalue weighted by Crippen LogP contribution is 2.11. The van der Waals surface area contributed by atoms with Gasteiger partial charge in [-0.3, -0.25) is 4.99 Å². The van der Waals surface area contributed by atoms with Gasteiger partial charge in [-0.05, 0) is 24.6 Å². The molecular weight excluding hydrogens is 210 g/mol. The van der Waals surface area contributed by atoms with Crippen LogP contribution in [0.25, 0.3) is 0 Å². The topological polar surface area (TPSA) is 48.2 Å². The van der Waals surface area contributed by atoms with Gasteiger partial charge >= 0.3 is 0 Å². The van der Waals surface area contributed by atoms with Gasteiger partial charge in [0, 0.05) is 29.5 Å².